The Balaban J connectivity index is 1.93. The van der Waals surface area contributed by atoms with Crippen LogP contribution in [0.3, 0.4) is 0 Å². The van der Waals surface area contributed by atoms with Crippen molar-refractivity contribution in [3.63, 3.8) is 0 Å². The highest BCUT2D eigenvalue weighted by Gasteiger charge is 2.15. The van der Waals surface area contributed by atoms with E-state index in [-0.39, 0.29) is 5.60 Å². The number of nitrogens with one attached hydrogen (secondary N) is 1. The SMILES string of the molecule is CC(C)(C)Oc1ccc(CC2CCCN2)cc1. The number of ether oxygens (including phenoxy) is 1. The summed E-state index contributed by atoms with van der Waals surface area (Å²) in [6.45, 7) is 7.39. The number of hydrogen-bond donors (Lipinski definition) is 1. The molecule has 1 aromatic carbocycles. The second-order valence-electron chi connectivity index (χ2n) is 5.86. The fourth-order valence-electron chi connectivity index (χ4n) is 2.26. The molecule has 1 atom stereocenters. The highest BCUT2D eigenvalue weighted by molar-refractivity contribution is 5.28. The molecule has 0 bridgehead atoms. The molecule has 0 radical (unpaired) electrons. The maximum absolute atomic E-state index is 5.81. The number of hydrogen-bond acceptors (Lipinski definition) is 2. The lowest BCUT2D eigenvalue weighted by Crippen LogP contribution is -2.24. The van der Waals surface area contributed by atoms with Crippen molar-refractivity contribution in [2.45, 2.75) is 51.7 Å². The summed E-state index contributed by atoms with van der Waals surface area (Å²) < 4.78 is 5.81. The van der Waals surface area contributed by atoms with E-state index in [2.05, 4.69) is 50.4 Å². The van der Waals surface area contributed by atoms with Gasteiger partial charge in [0.05, 0.1) is 0 Å². The lowest BCUT2D eigenvalue weighted by atomic mass is 10.0. The normalized spacial score (nSPS) is 20.5. The molecule has 0 spiro atoms. The highest BCUT2D eigenvalue weighted by atomic mass is 16.5. The van der Waals surface area contributed by atoms with Crippen LogP contribution in [0.5, 0.6) is 5.75 Å². The molecule has 1 N–H and O–H groups in total. The van der Waals surface area contributed by atoms with Gasteiger partial charge in [0.15, 0.2) is 0 Å². The molecule has 0 aromatic heterocycles. The molecular formula is C15H23NO. The Hall–Kier alpha value is -1.02. The number of rotatable bonds is 3. The van der Waals surface area contributed by atoms with Crippen LogP contribution in [0.4, 0.5) is 0 Å². The zero-order valence-corrected chi connectivity index (χ0v) is 11.1. The van der Waals surface area contributed by atoms with Crippen LogP contribution in [0, 0.1) is 0 Å². The maximum atomic E-state index is 5.81. The third-order valence-electron chi connectivity index (χ3n) is 2.99. The van der Waals surface area contributed by atoms with Crippen LogP contribution >= 0.6 is 0 Å². The molecule has 17 heavy (non-hydrogen) atoms. The molecule has 1 heterocycles. The van der Waals surface area contributed by atoms with Gasteiger partial charge in [-0.3, -0.25) is 0 Å². The van der Waals surface area contributed by atoms with Crippen molar-refractivity contribution in [3.05, 3.63) is 29.8 Å². The molecule has 0 amide bonds. The molecule has 1 aliphatic heterocycles. The van der Waals surface area contributed by atoms with E-state index in [0.29, 0.717) is 6.04 Å². The minimum Gasteiger partial charge on any atom is -0.488 e. The summed E-state index contributed by atoms with van der Waals surface area (Å²) >= 11 is 0. The molecule has 1 aliphatic rings. The van der Waals surface area contributed by atoms with Gasteiger partial charge in [-0.2, -0.15) is 0 Å². The van der Waals surface area contributed by atoms with Gasteiger partial charge in [0.1, 0.15) is 11.4 Å². The highest BCUT2D eigenvalue weighted by Crippen LogP contribution is 2.20. The summed E-state index contributed by atoms with van der Waals surface area (Å²) in [5.41, 5.74) is 1.28. The lowest BCUT2D eigenvalue weighted by Gasteiger charge is -2.21. The molecule has 1 fully saturated rings. The molecule has 2 rings (SSSR count). The Labute approximate surface area is 104 Å². The summed E-state index contributed by atoms with van der Waals surface area (Å²) in [7, 11) is 0. The van der Waals surface area contributed by atoms with Gasteiger partial charge in [-0.25, -0.2) is 0 Å². The van der Waals surface area contributed by atoms with Gasteiger partial charge in [-0.1, -0.05) is 12.1 Å². The molecule has 0 aliphatic carbocycles. The van der Waals surface area contributed by atoms with Gasteiger partial charge in [0, 0.05) is 6.04 Å². The predicted octanol–water partition coefficient (Wildman–Crippen LogP) is 3.16. The van der Waals surface area contributed by atoms with Crippen molar-refractivity contribution in [1.82, 2.24) is 5.32 Å². The first-order valence-electron chi connectivity index (χ1n) is 6.54. The quantitative estimate of drug-likeness (QED) is 0.866. The summed E-state index contributed by atoms with van der Waals surface area (Å²) in [6.07, 6.45) is 3.76. The first kappa shape index (κ1) is 12.4. The first-order chi connectivity index (χ1) is 8.03. The van der Waals surface area contributed by atoms with Gasteiger partial charge in [-0.05, 0) is 64.3 Å². The second kappa shape index (κ2) is 5.09. The smallest absolute Gasteiger partial charge is 0.120 e. The zero-order chi connectivity index (χ0) is 12.3. The summed E-state index contributed by atoms with van der Waals surface area (Å²) in [5, 5.41) is 3.53. The standard InChI is InChI=1S/C15H23NO/c1-15(2,3)17-14-8-6-12(7-9-14)11-13-5-4-10-16-13/h6-9,13,16H,4-5,10-11H2,1-3H3. The van der Waals surface area contributed by atoms with Crippen LogP contribution < -0.4 is 10.1 Å². The first-order valence-corrected chi connectivity index (χ1v) is 6.54. The van der Waals surface area contributed by atoms with Gasteiger partial charge in [0.25, 0.3) is 0 Å². The van der Waals surface area contributed by atoms with Crippen molar-refractivity contribution in [1.29, 1.82) is 0 Å². The largest absolute Gasteiger partial charge is 0.488 e. The average molecular weight is 233 g/mol. The van der Waals surface area contributed by atoms with E-state index in [4.69, 9.17) is 4.74 Å². The molecule has 94 valence electrons. The molecule has 2 heteroatoms. The van der Waals surface area contributed by atoms with E-state index < -0.39 is 0 Å². The Morgan fingerprint density at radius 1 is 1.24 bits per heavy atom. The minimum atomic E-state index is -0.117. The minimum absolute atomic E-state index is 0.117. The Morgan fingerprint density at radius 2 is 1.94 bits per heavy atom. The molecule has 1 saturated heterocycles. The van der Waals surface area contributed by atoms with Crippen LogP contribution in [-0.2, 0) is 6.42 Å². The predicted molar refractivity (Wildman–Crippen MR) is 71.6 cm³/mol. The van der Waals surface area contributed by atoms with E-state index in [1.165, 1.54) is 24.9 Å². The van der Waals surface area contributed by atoms with Crippen LogP contribution in [0.25, 0.3) is 0 Å². The molecule has 2 nitrogen and oxygen atoms in total. The summed E-state index contributed by atoms with van der Waals surface area (Å²) in [5.74, 6) is 0.959. The van der Waals surface area contributed by atoms with E-state index in [1.54, 1.807) is 0 Å². The number of benzene rings is 1. The topological polar surface area (TPSA) is 21.3 Å². The second-order valence-corrected chi connectivity index (χ2v) is 5.86. The van der Waals surface area contributed by atoms with Crippen molar-refractivity contribution < 1.29 is 4.74 Å². The van der Waals surface area contributed by atoms with Crippen molar-refractivity contribution in [2.75, 3.05) is 6.54 Å². The zero-order valence-electron chi connectivity index (χ0n) is 11.1. The Kier molecular flexibility index (Phi) is 3.72. The van der Waals surface area contributed by atoms with Gasteiger partial charge >= 0.3 is 0 Å². The molecule has 1 aromatic rings. The summed E-state index contributed by atoms with van der Waals surface area (Å²) in [6, 6.07) is 9.19. The average Bonchev–Trinajstić information content (AvgIpc) is 2.71. The van der Waals surface area contributed by atoms with Gasteiger partial charge in [0.2, 0.25) is 0 Å². The third kappa shape index (κ3) is 4.04. The fraction of sp³-hybridized carbons (Fsp3) is 0.600. The molecule has 0 saturated carbocycles. The van der Waals surface area contributed by atoms with Crippen molar-refractivity contribution in [3.8, 4) is 5.75 Å². The van der Waals surface area contributed by atoms with Crippen LogP contribution in [0.1, 0.15) is 39.2 Å². The van der Waals surface area contributed by atoms with E-state index in [9.17, 15) is 0 Å². The molecular weight excluding hydrogens is 210 g/mol. The van der Waals surface area contributed by atoms with Crippen LogP contribution in [0.2, 0.25) is 0 Å². The van der Waals surface area contributed by atoms with Gasteiger partial charge in [-0.15, -0.1) is 0 Å². The van der Waals surface area contributed by atoms with Crippen molar-refractivity contribution in [2.24, 2.45) is 0 Å². The van der Waals surface area contributed by atoms with Crippen LogP contribution in [0.15, 0.2) is 24.3 Å². The monoisotopic (exact) mass is 233 g/mol. The lowest BCUT2D eigenvalue weighted by molar-refractivity contribution is 0.131. The fourth-order valence-corrected chi connectivity index (χ4v) is 2.26. The van der Waals surface area contributed by atoms with Crippen LogP contribution in [-0.4, -0.2) is 18.2 Å². The Morgan fingerprint density at radius 3 is 2.47 bits per heavy atom. The Bertz CT molecular complexity index is 344. The molecule has 1 unspecified atom stereocenters. The van der Waals surface area contributed by atoms with E-state index in [0.717, 1.165) is 12.2 Å². The third-order valence-corrected chi connectivity index (χ3v) is 2.99. The van der Waals surface area contributed by atoms with Crippen molar-refractivity contribution >= 4 is 0 Å². The summed E-state index contributed by atoms with van der Waals surface area (Å²) in [4.78, 5) is 0. The maximum Gasteiger partial charge on any atom is 0.120 e. The van der Waals surface area contributed by atoms with E-state index in [1.807, 2.05) is 0 Å². The van der Waals surface area contributed by atoms with E-state index >= 15 is 0 Å². The van der Waals surface area contributed by atoms with Gasteiger partial charge < -0.3 is 10.1 Å².